The lowest BCUT2D eigenvalue weighted by molar-refractivity contribution is 0.107. The van der Waals surface area contributed by atoms with Crippen molar-refractivity contribution in [3.8, 4) is 0 Å². The van der Waals surface area contributed by atoms with Crippen molar-refractivity contribution in [2.75, 3.05) is 12.3 Å². The van der Waals surface area contributed by atoms with Gasteiger partial charge in [0.1, 0.15) is 0 Å². The summed E-state index contributed by atoms with van der Waals surface area (Å²) >= 11 is 1.70. The lowest BCUT2D eigenvalue weighted by atomic mass is 10.2. The Morgan fingerprint density at radius 3 is 2.75 bits per heavy atom. The van der Waals surface area contributed by atoms with Gasteiger partial charge in [0.25, 0.3) is 0 Å². The highest BCUT2D eigenvalue weighted by atomic mass is 32.2. The average molecular weight is 239 g/mol. The Balaban J connectivity index is 2.53. The number of benzene rings is 1. The molecule has 0 atom stereocenters. The monoisotopic (exact) mass is 239 g/mol. The van der Waals surface area contributed by atoms with Gasteiger partial charge in [-0.1, -0.05) is 19.1 Å². The van der Waals surface area contributed by atoms with Crippen molar-refractivity contribution in [2.24, 2.45) is 0 Å². The van der Waals surface area contributed by atoms with Gasteiger partial charge in [-0.25, -0.2) is 0 Å². The maximum Gasteiger partial charge on any atom is 0.0685 e. The quantitative estimate of drug-likeness (QED) is 0.749. The van der Waals surface area contributed by atoms with E-state index in [0.717, 1.165) is 18.8 Å². The van der Waals surface area contributed by atoms with E-state index in [0.29, 0.717) is 0 Å². The smallest absolute Gasteiger partial charge is 0.0685 e. The minimum absolute atomic E-state index is 0.609. The van der Waals surface area contributed by atoms with E-state index in [1.807, 2.05) is 13.8 Å². The van der Waals surface area contributed by atoms with E-state index >= 15 is 0 Å². The van der Waals surface area contributed by atoms with Gasteiger partial charge < -0.3 is 10.4 Å². The number of aliphatic hydroxyl groups is 1. The van der Waals surface area contributed by atoms with Gasteiger partial charge in [-0.2, -0.15) is 0 Å². The topological polar surface area (TPSA) is 32.3 Å². The summed E-state index contributed by atoms with van der Waals surface area (Å²) in [5, 5.41) is 13.0. The number of nitrogens with one attached hydrogen (secondary N) is 1. The Hall–Kier alpha value is -0.510. The zero-order valence-corrected chi connectivity index (χ0v) is 11.1. The van der Waals surface area contributed by atoms with Gasteiger partial charge >= 0.3 is 0 Å². The van der Waals surface area contributed by atoms with E-state index in [1.54, 1.807) is 11.8 Å². The SMILES string of the molecule is CCNCc1cccc(SCC(C)(C)O)c1. The normalized spacial score (nSPS) is 11.8. The van der Waals surface area contributed by atoms with Gasteiger partial charge in [-0.05, 0) is 38.1 Å². The molecule has 0 heterocycles. The standard InChI is InChI=1S/C13H21NOS/c1-4-14-9-11-6-5-7-12(8-11)16-10-13(2,3)15/h5-8,14-15H,4,9-10H2,1-3H3. The summed E-state index contributed by atoms with van der Waals surface area (Å²) < 4.78 is 0. The molecule has 2 N–H and O–H groups in total. The molecule has 1 aromatic rings. The molecule has 0 saturated carbocycles. The van der Waals surface area contributed by atoms with Crippen LogP contribution < -0.4 is 5.32 Å². The Bertz CT molecular complexity index is 320. The molecule has 3 heteroatoms. The number of hydrogen-bond acceptors (Lipinski definition) is 3. The highest BCUT2D eigenvalue weighted by molar-refractivity contribution is 7.99. The first kappa shape index (κ1) is 13.6. The number of rotatable bonds is 6. The third kappa shape index (κ3) is 5.54. The van der Waals surface area contributed by atoms with Gasteiger partial charge in [-0.15, -0.1) is 11.8 Å². The third-order valence-corrected chi connectivity index (χ3v) is 3.51. The summed E-state index contributed by atoms with van der Waals surface area (Å²) in [6, 6.07) is 8.46. The molecule has 0 bridgehead atoms. The third-order valence-electron chi connectivity index (χ3n) is 2.07. The van der Waals surface area contributed by atoms with Crippen molar-refractivity contribution < 1.29 is 5.11 Å². The maximum atomic E-state index is 9.66. The molecule has 0 unspecified atom stereocenters. The number of thioether (sulfide) groups is 1. The predicted molar refractivity (Wildman–Crippen MR) is 70.8 cm³/mol. The minimum Gasteiger partial charge on any atom is -0.390 e. The average Bonchev–Trinajstić information content (AvgIpc) is 2.23. The summed E-state index contributed by atoms with van der Waals surface area (Å²) in [6.45, 7) is 7.67. The molecular formula is C13H21NOS. The fourth-order valence-electron chi connectivity index (χ4n) is 1.27. The van der Waals surface area contributed by atoms with Crippen molar-refractivity contribution in [3.63, 3.8) is 0 Å². The van der Waals surface area contributed by atoms with Crippen LogP contribution in [0.1, 0.15) is 26.3 Å². The predicted octanol–water partition coefficient (Wildman–Crippen LogP) is 2.66. The fourth-order valence-corrected chi connectivity index (χ4v) is 2.20. The van der Waals surface area contributed by atoms with Gasteiger partial charge in [-0.3, -0.25) is 0 Å². The summed E-state index contributed by atoms with van der Waals surface area (Å²) in [6.07, 6.45) is 0. The first-order valence-electron chi connectivity index (χ1n) is 5.66. The Kier molecular flexibility index (Phi) is 5.32. The van der Waals surface area contributed by atoms with Crippen LogP contribution in [0.4, 0.5) is 0 Å². The second-order valence-electron chi connectivity index (χ2n) is 4.53. The summed E-state index contributed by atoms with van der Waals surface area (Å²) in [4.78, 5) is 1.22. The van der Waals surface area contributed by atoms with Crippen molar-refractivity contribution in [3.05, 3.63) is 29.8 Å². The van der Waals surface area contributed by atoms with Crippen LogP contribution in [0.3, 0.4) is 0 Å². The van der Waals surface area contributed by atoms with Crippen molar-refractivity contribution in [1.29, 1.82) is 0 Å². The molecule has 90 valence electrons. The highest BCUT2D eigenvalue weighted by Crippen LogP contribution is 2.23. The van der Waals surface area contributed by atoms with Gasteiger partial charge in [0.15, 0.2) is 0 Å². The minimum atomic E-state index is -0.609. The Morgan fingerprint density at radius 2 is 2.12 bits per heavy atom. The molecule has 0 aliphatic rings. The molecule has 0 saturated heterocycles. The van der Waals surface area contributed by atoms with Gasteiger partial charge in [0.05, 0.1) is 5.60 Å². The molecule has 0 radical (unpaired) electrons. The van der Waals surface area contributed by atoms with Crippen LogP contribution in [-0.4, -0.2) is 23.0 Å². The van der Waals surface area contributed by atoms with Crippen molar-refractivity contribution in [1.82, 2.24) is 5.32 Å². The van der Waals surface area contributed by atoms with Crippen LogP contribution in [0, 0.1) is 0 Å². The maximum absolute atomic E-state index is 9.66. The molecule has 16 heavy (non-hydrogen) atoms. The zero-order chi connectivity index (χ0) is 12.0. The zero-order valence-electron chi connectivity index (χ0n) is 10.3. The number of hydrogen-bond donors (Lipinski definition) is 2. The molecule has 0 spiro atoms. The summed E-state index contributed by atoms with van der Waals surface area (Å²) in [5.74, 6) is 0.720. The largest absolute Gasteiger partial charge is 0.390 e. The fraction of sp³-hybridized carbons (Fsp3) is 0.538. The van der Waals surface area contributed by atoms with Crippen LogP contribution in [0.25, 0.3) is 0 Å². The Labute approximate surface area is 102 Å². The van der Waals surface area contributed by atoms with Crippen LogP contribution in [-0.2, 0) is 6.54 Å². The van der Waals surface area contributed by atoms with E-state index in [2.05, 4.69) is 36.5 Å². The molecule has 0 fully saturated rings. The van der Waals surface area contributed by atoms with Crippen LogP contribution in [0.5, 0.6) is 0 Å². The molecule has 1 rings (SSSR count). The van der Waals surface area contributed by atoms with E-state index in [1.165, 1.54) is 10.5 Å². The second kappa shape index (κ2) is 6.28. The van der Waals surface area contributed by atoms with Crippen molar-refractivity contribution >= 4 is 11.8 Å². The second-order valence-corrected chi connectivity index (χ2v) is 5.58. The van der Waals surface area contributed by atoms with E-state index < -0.39 is 5.60 Å². The molecule has 0 aliphatic heterocycles. The molecule has 0 aliphatic carbocycles. The van der Waals surface area contributed by atoms with Gasteiger partial charge in [0.2, 0.25) is 0 Å². The van der Waals surface area contributed by atoms with Crippen LogP contribution in [0.15, 0.2) is 29.2 Å². The molecule has 0 aromatic heterocycles. The van der Waals surface area contributed by atoms with Gasteiger partial charge in [0, 0.05) is 17.2 Å². The lowest BCUT2D eigenvalue weighted by Gasteiger charge is -2.16. The van der Waals surface area contributed by atoms with Crippen LogP contribution in [0.2, 0.25) is 0 Å². The molecule has 1 aromatic carbocycles. The van der Waals surface area contributed by atoms with Crippen LogP contribution >= 0.6 is 11.8 Å². The molecule has 2 nitrogen and oxygen atoms in total. The first-order valence-corrected chi connectivity index (χ1v) is 6.64. The summed E-state index contributed by atoms with van der Waals surface area (Å²) in [5.41, 5.74) is 0.685. The van der Waals surface area contributed by atoms with Crippen molar-refractivity contribution in [2.45, 2.75) is 37.8 Å². The molecular weight excluding hydrogens is 218 g/mol. The van der Waals surface area contributed by atoms with E-state index in [4.69, 9.17) is 0 Å². The summed E-state index contributed by atoms with van der Waals surface area (Å²) in [7, 11) is 0. The highest BCUT2D eigenvalue weighted by Gasteiger charge is 2.12. The lowest BCUT2D eigenvalue weighted by Crippen LogP contribution is -2.21. The first-order chi connectivity index (χ1) is 7.51. The van der Waals surface area contributed by atoms with E-state index in [-0.39, 0.29) is 0 Å². The van der Waals surface area contributed by atoms with E-state index in [9.17, 15) is 5.11 Å². The molecule has 0 amide bonds. The Morgan fingerprint density at radius 1 is 1.38 bits per heavy atom.